The lowest BCUT2D eigenvalue weighted by Crippen LogP contribution is -2.03. The highest BCUT2D eigenvalue weighted by atomic mass is 35.5. The van der Waals surface area contributed by atoms with Crippen molar-refractivity contribution in [2.24, 2.45) is 0 Å². The molecule has 0 fully saturated rings. The second-order valence-corrected chi connectivity index (χ2v) is 8.38. The number of ether oxygens (including phenoxy) is 5. The summed E-state index contributed by atoms with van der Waals surface area (Å²) in [6.07, 6.45) is 1.45. The van der Waals surface area contributed by atoms with E-state index in [0.29, 0.717) is 53.9 Å². The van der Waals surface area contributed by atoms with Gasteiger partial charge in [0.05, 0.1) is 0 Å². The number of carbonyl (C=O) groups is 2. The van der Waals surface area contributed by atoms with Crippen LogP contribution < -0.4 is 14.2 Å². The molecule has 4 aromatic carbocycles. The molecule has 0 aliphatic rings. The highest BCUT2D eigenvalue weighted by molar-refractivity contribution is 6.17. The average molecular weight is 581 g/mol. The standard InChI is InChI=1S/C16H16O4.C14H12O3.C2H5ClO/c1-18-12-20-16-9-14(10-17)7-8-15(16)19-11-13-5-3-2-4-6-13;15-9-12-6-7-14(13(16)8-12)17-10-11-4-2-1-3-5-11;1-4-2-3/h2-10H,11-12H2,1H3;1-9,16H,10H2;2H2,1H3. The molecule has 0 saturated carbocycles. The maximum Gasteiger partial charge on any atom is 0.188 e. The summed E-state index contributed by atoms with van der Waals surface area (Å²) in [6, 6.07) is 29.4. The first-order valence-corrected chi connectivity index (χ1v) is 13.0. The van der Waals surface area contributed by atoms with Crippen molar-refractivity contribution in [1.29, 1.82) is 0 Å². The number of carbonyl (C=O) groups excluding carboxylic acids is 2. The summed E-state index contributed by atoms with van der Waals surface area (Å²) in [5.74, 6) is 1.42. The van der Waals surface area contributed by atoms with Crippen LogP contribution >= 0.6 is 11.6 Å². The second-order valence-electron chi connectivity index (χ2n) is 8.17. The van der Waals surface area contributed by atoms with Gasteiger partial charge in [0.25, 0.3) is 0 Å². The van der Waals surface area contributed by atoms with E-state index in [0.717, 1.165) is 17.4 Å². The van der Waals surface area contributed by atoms with Gasteiger partial charge >= 0.3 is 0 Å². The van der Waals surface area contributed by atoms with Gasteiger partial charge < -0.3 is 28.8 Å². The normalized spacial score (nSPS) is 9.73. The molecule has 0 aliphatic carbocycles. The monoisotopic (exact) mass is 580 g/mol. The third-order valence-corrected chi connectivity index (χ3v) is 5.36. The van der Waals surface area contributed by atoms with E-state index < -0.39 is 0 Å². The molecule has 216 valence electrons. The van der Waals surface area contributed by atoms with E-state index in [4.69, 9.17) is 30.5 Å². The van der Waals surface area contributed by atoms with Gasteiger partial charge in [0.2, 0.25) is 0 Å². The number of aldehydes is 2. The Kier molecular flexibility index (Phi) is 15.7. The molecule has 0 aromatic heterocycles. The number of rotatable bonds is 12. The zero-order valence-corrected chi connectivity index (χ0v) is 23.7. The number of phenols is 1. The van der Waals surface area contributed by atoms with Crippen molar-refractivity contribution in [3.05, 3.63) is 119 Å². The Hall–Kier alpha value is -4.37. The number of halogens is 1. The lowest BCUT2D eigenvalue weighted by Gasteiger charge is -2.12. The molecule has 0 radical (unpaired) electrons. The number of methoxy groups -OCH3 is 2. The first-order chi connectivity index (χ1) is 20.0. The Labute approximate surface area is 245 Å². The zero-order chi connectivity index (χ0) is 29.7. The molecule has 0 spiro atoms. The number of benzene rings is 4. The number of hydrogen-bond donors (Lipinski definition) is 1. The van der Waals surface area contributed by atoms with Gasteiger partial charge in [0.15, 0.2) is 29.8 Å². The fraction of sp³-hybridized carbons (Fsp3) is 0.188. The summed E-state index contributed by atoms with van der Waals surface area (Å²) in [5.41, 5.74) is 3.04. The second kappa shape index (κ2) is 19.7. The molecule has 0 saturated heterocycles. The van der Waals surface area contributed by atoms with Crippen LogP contribution in [0.2, 0.25) is 0 Å². The van der Waals surface area contributed by atoms with Crippen LogP contribution in [0.5, 0.6) is 23.0 Å². The van der Waals surface area contributed by atoms with E-state index in [1.165, 1.54) is 13.2 Å². The molecule has 0 aliphatic heterocycles. The largest absolute Gasteiger partial charge is 0.504 e. The predicted octanol–water partition coefficient (Wildman–Crippen LogP) is 6.67. The highest BCUT2D eigenvalue weighted by Crippen LogP contribution is 2.29. The molecular weight excluding hydrogens is 548 g/mol. The zero-order valence-electron chi connectivity index (χ0n) is 22.9. The maximum absolute atomic E-state index is 10.8. The van der Waals surface area contributed by atoms with Gasteiger partial charge in [-0.25, -0.2) is 0 Å². The number of hydrogen-bond acceptors (Lipinski definition) is 8. The van der Waals surface area contributed by atoms with Crippen LogP contribution in [0, 0.1) is 0 Å². The summed E-state index contributed by atoms with van der Waals surface area (Å²) in [5, 5.41) is 9.62. The molecule has 0 bridgehead atoms. The Morgan fingerprint density at radius 1 is 0.634 bits per heavy atom. The van der Waals surface area contributed by atoms with Crippen LogP contribution in [0.4, 0.5) is 0 Å². The summed E-state index contributed by atoms with van der Waals surface area (Å²) >= 11 is 4.96. The van der Waals surface area contributed by atoms with E-state index in [1.54, 1.807) is 37.4 Å². The van der Waals surface area contributed by atoms with Gasteiger partial charge in [-0.1, -0.05) is 72.3 Å². The molecule has 0 unspecified atom stereocenters. The summed E-state index contributed by atoms with van der Waals surface area (Å²) < 4.78 is 25.8. The molecular formula is C32H33ClO8. The van der Waals surface area contributed by atoms with E-state index in [1.807, 2.05) is 60.7 Å². The quantitative estimate of drug-likeness (QED) is 0.113. The summed E-state index contributed by atoms with van der Waals surface area (Å²) in [4.78, 5) is 21.3. The molecule has 4 rings (SSSR count). The Morgan fingerprint density at radius 3 is 1.59 bits per heavy atom. The molecule has 9 heteroatoms. The first-order valence-electron chi connectivity index (χ1n) is 12.4. The Bertz CT molecular complexity index is 1300. The smallest absolute Gasteiger partial charge is 0.188 e. The molecule has 8 nitrogen and oxygen atoms in total. The van der Waals surface area contributed by atoms with Crippen molar-refractivity contribution >= 4 is 24.2 Å². The minimum absolute atomic E-state index is 0.0227. The van der Waals surface area contributed by atoms with Gasteiger partial charge in [-0.2, -0.15) is 0 Å². The van der Waals surface area contributed by atoms with Crippen molar-refractivity contribution in [2.45, 2.75) is 13.2 Å². The van der Waals surface area contributed by atoms with Gasteiger partial charge in [0, 0.05) is 25.3 Å². The van der Waals surface area contributed by atoms with Gasteiger partial charge in [-0.3, -0.25) is 9.59 Å². The van der Waals surface area contributed by atoms with E-state index in [-0.39, 0.29) is 12.5 Å². The predicted molar refractivity (Wildman–Crippen MR) is 157 cm³/mol. The number of phenolic OH excluding ortho intramolecular Hbond substituents is 1. The number of alkyl halides is 1. The number of aromatic hydroxyl groups is 1. The molecule has 4 aromatic rings. The molecule has 0 atom stereocenters. The van der Waals surface area contributed by atoms with Crippen molar-refractivity contribution in [3.63, 3.8) is 0 Å². The third-order valence-electron chi connectivity index (χ3n) is 5.14. The lowest BCUT2D eigenvalue weighted by molar-refractivity contribution is 0.0483. The van der Waals surface area contributed by atoms with E-state index >= 15 is 0 Å². The van der Waals surface area contributed by atoms with E-state index in [2.05, 4.69) is 4.74 Å². The fourth-order valence-electron chi connectivity index (χ4n) is 3.15. The maximum atomic E-state index is 10.8. The van der Waals surface area contributed by atoms with Crippen LogP contribution in [-0.2, 0) is 22.7 Å². The van der Waals surface area contributed by atoms with E-state index in [9.17, 15) is 14.7 Å². The van der Waals surface area contributed by atoms with Crippen molar-refractivity contribution < 1.29 is 38.4 Å². The van der Waals surface area contributed by atoms with Crippen molar-refractivity contribution in [2.75, 3.05) is 27.1 Å². The summed E-state index contributed by atoms with van der Waals surface area (Å²) in [6.45, 7) is 0.920. The molecule has 41 heavy (non-hydrogen) atoms. The highest BCUT2D eigenvalue weighted by Gasteiger charge is 2.07. The molecule has 0 amide bonds. The Morgan fingerprint density at radius 2 is 1.12 bits per heavy atom. The van der Waals surface area contributed by atoms with Gasteiger partial charge in [-0.05, 0) is 47.5 Å². The average Bonchev–Trinajstić information content (AvgIpc) is 3.03. The topological polar surface area (TPSA) is 101 Å². The van der Waals surface area contributed by atoms with Crippen molar-refractivity contribution in [1.82, 2.24) is 0 Å². The van der Waals surface area contributed by atoms with Crippen molar-refractivity contribution in [3.8, 4) is 23.0 Å². The minimum Gasteiger partial charge on any atom is -0.504 e. The van der Waals surface area contributed by atoms with Crippen LogP contribution in [0.1, 0.15) is 31.8 Å². The van der Waals surface area contributed by atoms with Gasteiger partial charge in [-0.15, -0.1) is 0 Å². The first kappa shape index (κ1) is 32.8. The van der Waals surface area contributed by atoms with Crippen LogP contribution in [0.25, 0.3) is 0 Å². The third kappa shape index (κ3) is 12.6. The molecule has 0 heterocycles. The van der Waals surface area contributed by atoms with Crippen LogP contribution in [-0.4, -0.2) is 44.8 Å². The Balaban J connectivity index is 0.000000256. The van der Waals surface area contributed by atoms with Gasteiger partial charge in [0.1, 0.15) is 31.9 Å². The summed E-state index contributed by atoms with van der Waals surface area (Å²) in [7, 11) is 3.08. The van der Waals surface area contributed by atoms with Crippen LogP contribution in [0.3, 0.4) is 0 Å². The lowest BCUT2D eigenvalue weighted by atomic mass is 10.2. The van der Waals surface area contributed by atoms with Crippen LogP contribution in [0.15, 0.2) is 97.1 Å². The fourth-order valence-corrected chi connectivity index (χ4v) is 3.15. The SMILES string of the molecule is COCCl.COCOc1cc(C=O)ccc1OCc1ccccc1.O=Cc1ccc(OCc2ccccc2)c(O)c1. The minimum atomic E-state index is -0.0227. The molecule has 1 N–H and O–H groups in total.